The van der Waals surface area contributed by atoms with Crippen LogP contribution in [0.3, 0.4) is 0 Å². The zero-order valence-electron chi connectivity index (χ0n) is 27.8. The predicted octanol–water partition coefficient (Wildman–Crippen LogP) is 13.0. The molecule has 0 unspecified atom stereocenters. The maximum atomic E-state index is 5.25. The van der Waals surface area contributed by atoms with Crippen molar-refractivity contribution in [1.29, 1.82) is 0 Å². The molecule has 0 radical (unpaired) electrons. The van der Waals surface area contributed by atoms with Gasteiger partial charge in [-0.3, -0.25) is 0 Å². The molecule has 50 heavy (non-hydrogen) atoms. The van der Waals surface area contributed by atoms with E-state index in [4.69, 9.17) is 9.97 Å². The molecule has 10 rings (SSSR count). The molecule has 1 aliphatic rings. The van der Waals surface area contributed by atoms with Crippen LogP contribution in [0.25, 0.3) is 87.1 Å². The fourth-order valence-corrected chi connectivity index (χ4v) is 9.25. The van der Waals surface area contributed by atoms with Crippen molar-refractivity contribution in [2.45, 2.75) is 19.3 Å². The summed E-state index contributed by atoms with van der Waals surface area (Å²) in [6.07, 6.45) is 0. The minimum atomic E-state index is -0.108. The molecular weight excluding hydrogens is 625 g/mol. The lowest BCUT2D eigenvalue weighted by Crippen LogP contribution is -2.16. The van der Waals surface area contributed by atoms with Crippen LogP contribution in [0.1, 0.15) is 25.0 Å². The van der Waals surface area contributed by atoms with E-state index >= 15 is 0 Å². The van der Waals surface area contributed by atoms with Crippen LogP contribution in [0.15, 0.2) is 158 Å². The van der Waals surface area contributed by atoms with Crippen LogP contribution in [0.2, 0.25) is 0 Å². The molecule has 0 atom stereocenters. The van der Waals surface area contributed by atoms with Gasteiger partial charge in [0.1, 0.15) is 0 Å². The standard InChI is InChI=1S/C47H32N2S/c1-47(2)40-21-10-8-17-34(40)38-20-12-19-37(45(38)47)33-24-25-35(32-16-7-6-15-31(32)33)42-28-41(48-46(49-42)29-13-4-3-5-14-29)30-23-26-44-39(27-30)36-18-9-11-22-43(36)50-44/h3-28H,1-2H3. The Hall–Kier alpha value is -5.90. The summed E-state index contributed by atoms with van der Waals surface area (Å²) in [6.45, 7) is 4.73. The molecule has 2 aromatic heterocycles. The van der Waals surface area contributed by atoms with E-state index < -0.39 is 0 Å². The van der Waals surface area contributed by atoms with Gasteiger partial charge in [-0.05, 0) is 68.4 Å². The highest BCUT2D eigenvalue weighted by atomic mass is 32.1. The largest absolute Gasteiger partial charge is 0.228 e. The molecule has 3 heteroatoms. The van der Waals surface area contributed by atoms with E-state index in [1.807, 2.05) is 17.4 Å². The van der Waals surface area contributed by atoms with Crippen molar-refractivity contribution in [3.05, 3.63) is 169 Å². The first kappa shape index (κ1) is 29.1. The van der Waals surface area contributed by atoms with Gasteiger partial charge in [-0.15, -0.1) is 11.3 Å². The van der Waals surface area contributed by atoms with Crippen molar-refractivity contribution >= 4 is 42.3 Å². The number of hydrogen-bond donors (Lipinski definition) is 0. The second-order valence-corrected chi connectivity index (χ2v) is 14.8. The van der Waals surface area contributed by atoms with E-state index in [0.29, 0.717) is 0 Å². The highest BCUT2D eigenvalue weighted by Crippen LogP contribution is 2.53. The summed E-state index contributed by atoms with van der Waals surface area (Å²) in [6, 6.07) is 56.9. The third-order valence-corrected chi connectivity index (χ3v) is 11.7. The van der Waals surface area contributed by atoms with E-state index in [2.05, 4.69) is 166 Å². The average Bonchev–Trinajstić information content (AvgIpc) is 3.66. The maximum Gasteiger partial charge on any atom is 0.160 e. The van der Waals surface area contributed by atoms with Gasteiger partial charge in [-0.1, -0.05) is 147 Å². The molecule has 0 aliphatic heterocycles. The minimum Gasteiger partial charge on any atom is -0.228 e. The summed E-state index contributed by atoms with van der Waals surface area (Å²) in [5, 5.41) is 4.95. The van der Waals surface area contributed by atoms with Crippen molar-refractivity contribution in [3.8, 4) is 56.2 Å². The molecule has 1 aliphatic carbocycles. The van der Waals surface area contributed by atoms with Crippen LogP contribution in [0.5, 0.6) is 0 Å². The lowest BCUT2D eigenvalue weighted by Gasteiger charge is -2.25. The minimum absolute atomic E-state index is 0.108. The van der Waals surface area contributed by atoms with Crippen LogP contribution in [0.4, 0.5) is 0 Å². The summed E-state index contributed by atoms with van der Waals surface area (Å²) in [4.78, 5) is 10.4. The zero-order valence-corrected chi connectivity index (χ0v) is 28.6. The Labute approximate surface area is 295 Å². The molecule has 2 nitrogen and oxygen atoms in total. The highest BCUT2D eigenvalue weighted by Gasteiger charge is 2.37. The summed E-state index contributed by atoms with van der Waals surface area (Å²) >= 11 is 1.84. The number of benzene rings is 7. The fourth-order valence-electron chi connectivity index (χ4n) is 8.16. The first-order chi connectivity index (χ1) is 24.5. The molecular formula is C47H32N2S. The number of rotatable bonds is 4. The third kappa shape index (κ3) is 4.40. The number of fused-ring (bicyclic) bond motifs is 7. The first-order valence-electron chi connectivity index (χ1n) is 17.2. The van der Waals surface area contributed by atoms with Crippen molar-refractivity contribution < 1.29 is 0 Å². The van der Waals surface area contributed by atoms with E-state index in [1.54, 1.807) is 0 Å². The monoisotopic (exact) mass is 656 g/mol. The molecule has 236 valence electrons. The van der Waals surface area contributed by atoms with Gasteiger partial charge in [0.2, 0.25) is 0 Å². The lowest BCUT2D eigenvalue weighted by molar-refractivity contribution is 0.662. The van der Waals surface area contributed by atoms with Crippen LogP contribution < -0.4 is 0 Å². The van der Waals surface area contributed by atoms with Crippen molar-refractivity contribution in [3.63, 3.8) is 0 Å². The van der Waals surface area contributed by atoms with Crippen molar-refractivity contribution in [1.82, 2.24) is 9.97 Å². The Bertz CT molecular complexity index is 2790. The maximum absolute atomic E-state index is 5.25. The van der Waals surface area contributed by atoms with Gasteiger partial charge in [0.15, 0.2) is 5.82 Å². The van der Waals surface area contributed by atoms with Crippen LogP contribution in [0, 0.1) is 0 Å². The van der Waals surface area contributed by atoms with E-state index in [-0.39, 0.29) is 5.41 Å². The molecule has 0 fully saturated rings. The normalized spacial score (nSPS) is 13.2. The second kappa shape index (κ2) is 11.1. The van der Waals surface area contributed by atoms with Gasteiger partial charge in [0.05, 0.1) is 11.4 Å². The van der Waals surface area contributed by atoms with E-state index in [0.717, 1.165) is 33.9 Å². The van der Waals surface area contributed by atoms with E-state index in [9.17, 15) is 0 Å². The van der Waals surface area contributed by atoms with Gasteiger partial charge in [-0.2, -0.15) is 0 Å². The van der Waals surface area contributed by atoms with Crippen molar-refractivity contribution in [2.75, 3.05) is 0 Å². The smallest absolute Gasteiger partial charge is 0.160 e. The number of aromatic nitrogens is 2. The SMILES string of the molecule is CC1(C)c2ccccc2-c2cccc(-c3ccc(-c4cc(-c5ccc6sc7ccccc7c6c5)nc(-c5ccccc5)n4)c4ccccc34)c21. The fraction of sp³-hybridized carbons (Fsp3) is 0.0638. The molecule has 0 saturated carbocycles. The summed E-state index contributed by atoms with van der Waals surface area (Å²) in [5.74, 6) is 0.724. The Morgan fingerprint density at radius 2 is 1.04 bits per heavy atom. The van der Waals surface area contributed by atoms with Crippen LogP contribution >= 0.6 is 11.3 Å². The molecule has 0 bridgehead atoms. The number of hydrogen-bond acceptors (Lipinski definition) is 3. The molecule has 2 heterocycles. The predicted molar refractivity (Wildman–Crippen MR) is 212 cm³/mol. The summed E-state index contributed by atoms with van der Waals surface area (Å²) < 4.78 is 2.59. The van der Waals surface area contributed by atoms with Gasteiger partial charge in [-0.25, -0.2) is 9.97 Å². The average molecular weight is 657 g/mol. The van der Waals surface area contributed by atoms with E-state index in [1.165, 1.54) is 64.3 Å². The molecule has 0 saturated heterocycles. The molecule has 9 aromatic rings. The van der Waals surface area contributed by atoms with Gasteiger partial charge < -0.3 is 0 Å². The number of nitrogens with zero attached hydrogens (tertiary/aromatic N) is 2. The Balaban J connectivity index is 1.18. The van der Waals surface area contributed by atoms with Gasteiger partial charge in [0.25, 0.3) is 0 Å². The van der Waals surface area contributed by atoms with Gasteiger partial charge in [0, 0.05) is 42.3 Å². The summed E-state index contributed by atoms with van der Waals surface area (Å²) in [5.41, 5.74) is 12.9. The Kier molecular flexibility index (Phi) is 6.43. The molecule has 0 N–H and O–H groups in total. The van der Waals surface area contributed by atoms with Gasteiger partial charge >= 0.3 is 0 Å². The zero-order chi connectivity index (χ0) is 33.4. The lowest BCUT2D eigenvalue weighted by atomic mass is 9.78. The third-order valence-electron chi connectivity index (χ3n) is 10.5. The first-order valence-corrected chi connectivity index (χ1v) is 18.0. The highest BCUT2D eigenvalue weighted by molar-refractivity contribution is 7.25. The second-order valence-electron chi connectivity index (χ2n) is 13.7. The number of thiophene rings is 1. The topological polar surface area (TPSA) is 25.8 Å². The van der Waals surface area contributed by atoms with Crippen molar-refractivity contribution in [2.24, 2.45) is 0 Å². The molecule has 0 amide bonds. The molecule has 7 aromatic carbocycles. The van der Waals surface area contributed by atoms with Crippen LogP contribution in [-0.2, 0) is 5.41 Å². The Morgan fingerprint density at radius 3 is 1.88 bits per heavy atom. The molecule has 0 spiro atoms. The summed E-state index contributed by atoms with van der Waals surface area (Å²) in [7, 11) is 0. The Morgan fingerprint density at radius 1 is 0.420 bits per heavy atom. The quantitative estimate of drug-likeness (QED) is 0.188. The van der Waals surface area contributed by atoms with Crippen LogP contribution in [-0.4, -0.2) is 9.97 Å².